The van der Waals surface area contributed by atoms with Crippen LogP contribution in [0.15, 0.2) is 28.2 Å². The van der Waals surface area contributed by atoms with Crippen LogP contribution in [0.5, 0.6) is 0 Å². The number of nitrogens with one attached hydrogen (secondary N) is 2. The van der Waals surface area contributed by atoms with E-state index in [9.17, 15) is 9.59 Å². The van der Waals surface area contributed by atoms with Gasteiger partial charge in [0.15, 0.2) is 5.16 Å². The molecule has 0 saturated carbocycles. The molecule has 25 heavy (non-hydrogen) atoms. The number of aryl methyl sites for hydroxylation is 3. The largest absolute Gasteiger partial charge is 0.349 e. The Morgan fingerprint density at radius 2 is 2.12 bits per heavy atom. The number of aromatic nitrogens is 2. The zero-order valence-electron chi connectivity index (χ0n) is 14.8. The number of amides is 1. The van der Waals surface area contributed by atoms with E-state index >= 15 is 0 Å². The average Bonchev–Trinajstić information content (AvgIpc) is 3.05. The molecule has 0 fully saturated rings. The van der Waals surface area contributed by atoms with Crippen molar-refractivity contribution in [2.45, 2.75) is 50.7 Å². The first kappa shape index (κ1) is 17.7. The van der Waals surface area contributed by atoms with Gasteiger partial charge in [-0.1, -0.05) is 30.0 Å². The normalized spacial score (nSPS) is 14.2. The maximum absolute atomic E-state index is 12.4. The van der Waals surface area contributed by atoms with Crippen molar-refractivity contribution in [2.24, 2.45) is 0 Å². The standard InChI is InChI=1S/C19H23N3O2S/c1-11(14-8-7-13-5-4-6-15(13)9-14)20-17(23)10-16-12(2)21-19(25-3)22-18(16)24/h7-9,11H,4-6,10H2,1-3H3,(H,20,23)(H,21,22,24)/t11-/m1/s1. The Bertz CT molecular complexity index is 860. The van der Waals surface area contributed by atoms with Crippen molar-refractivity contribution in [3.05, 3.63) is 56.5 Å². The molecule has 0 saturated heterocycles. The van der Waals surface area contributed by atoms with E-state index in [0.717, 1.165) is 18.4 Å². The maximum Gasteiger partial charge on any atom is 0.255 e. The van der Waals surface area contributed by atoms with Gasteiger partial charge in [0.25, 0.3) is 5.56 Å². The Balaban J connectivity index is 1.69. The molecule has 0 spiro atoms. The monoisotopic (exact) mass is 357 g/mol. The molecule has 2 aromatic rings. The zero-order valence-corrected chi connectivity index (χ0v) is 15.6. The van der Waals surface area contributed by atoms with Gasteiger partial charge in [-0.3, -0.25) is 9.59 Å². The van der Waals surface area contributed by atoms with Gasteiger partial charge in [0, 0.05) is 11.3 Å². The summed E-state index contributed by atoms with van der Waals surface area (Å²) >= 11 is 1.38. The average molecular weight is 357 g/mol. The van der Waals surface area contributed by atoms with Gasteiger partial charge in [0.1, 0.15) is 0 Å². The third-order valence-electron chi connectivity index (χ3n) is 4.73. The van der Waals surface area contributed by atoms with Crippen LogP contribution in [0.3, 0.4) is 0 Å². The fourth-order valence-corrected chi connectivity index (χ4v) is 3.71. The number of hydrogen-bond acceptors (Lipinski definition) is 4. The van der Waals surface area contributed by atoms with Crippen molar-refractivity contribution >= 4 is 17.7 Å². The summed E-state index contributed by atoms with van der Waals surface area (Å²) in [5, 5.41) is 3.56. The number of nitrogens with zero attached hydrogens (tertiary/aromatic N) is 1. The predicted octanol–water partition coefficient (Wildman–Crippen LogP) is 2.71. The Morgan fingerprint density at radius 3 is 2.84 bits per heavy atom. The lowest BCUT2D eigenvalue weighted by Crippen LogP contribution is -2.31. The lowest BCUT2D eigenvalue weighted by molar-refractivity contribution is -0.121. The number of rotatable bonds is 5. The second kappa shape index (κ2) is 7.44. The van der Waals surface area contributed by atoms with Gasteiger partial charge in [-0.05, 0) is 56.1 Å². The highest BCUT2D eigenvalue weighted by Crippen LogP contribution is 2.25. The van der Waals surface area contributed by atoms with Gasteiger partial charge in [-0.2, -0.15) is 0 Å². The summed E-state index contributed by atoms with van der Waals surface area (Å²) in [6.07, 6.45) is 5.37. The SMILES string of the molecule is CSc1nc(C)c(CC(=O)N[C@H](C)c2ccc3c(c2)CCC3)c(=O)[nH]1. The molecule has 1 aromatic heterocycles. The molecule has 132 valence electrons. The highest BCUT2D eigenvalue weighted by Gasteiger charge is 2.17. The van der Waals surface area contributed by atoms with Crippen molar-refractivity contribution in [1.29, 1.82) is 0 Å². The fraction of sp³-hybridized carbons (Fsp3) is 0.421. The number of fused-ring (bicyclic) bond motifs is 1. The Hall–Kier alpha value is -2.08. The minimum absolute atomic E-state index is 0.0398. The quantitative estimate of drug-likeness (QED) is 0.637. The number of carbonyl (C=O) groups is 1. The van der Waals surface area contributed by atoms with Gasteiger partial charge in [0.05, 0.1) is 12.5 Å². The molecule has 1 amide bonds. The summed E-state index contributed by atoms with van der Waals surface area (Å²) in [5.74, 6) is -0.166. The molecule has 6 heteroatoms. The first-order chi connectivity index (χ1) is 12.0. The van der Waals surface area contributed by atoms with E-state index in [1.807, 2.05) is 13.2 Å². The number of hydrogen-bond donors (Lipinski definition) is 2. The van der Waals surface area contributed by atoms with Crippen molar-refractivity contribution in [3.8, 4) is 0 Å². The Labute approximate surface area is 151 Å². The number of H-pyrrole nitrogens is 1. The van der Waals surface area contributed by atoms with Crippen LogP contribution >= 0.6 is 11.8 Å². The fourth-order valence-electron chi connectivity index (χ4n) is 3.29. The molecular formula is C19H23N3O2S. The summed E-state index contributed by atoms with van der Waals surface area (Å²) in [6, 6.07) is 6.36. The first-order valence-electron chi connectivity index (χ1n) is 8.52. The van der Waals surface area contributed by atoms with Gasteiger partial charge in [-0.15, -0.1) is 0 Å². The summed E-state index contributed by atoms with van der Waals surface area (Å²) in [4.78, 5) is 31.6. The maximum atomic E-state index is 12.4. The molecule has 1 aliphatic rings. The van der Waals surface area contributed by atoms with Crippen LogP contribution in [0.1, 0.15) is 47.3 Å². The summed E-state index contributed by atoms with van der Waals surface area (Å²) in [7, 11) is 0. The minimum Gasteiger partial charge on any atom is -0.349 e. The number of thioether (sulfide) groups is 1. The molecule has 1 atom stereocenters. The number of carbonyl (C=O) groups excluding carboxylic acids is 1. The molecule has 1 aromatic carbocycles. The Kier molecular flexibility index (Phi) is 5.27. The van der Waals surface area contributed by atoms with Crippen LogP contribution in [0.4, 0.5) is 0 Å². The van der Waals surface area contributed by atoms with Crippen LogP contribution < -0.4 is 10.9 Å². The summed E-state index contributed by atoms with van der Waals surface area (Å²) in [5.41, 5.74) is 4.71. The molecule has 5 nitrogen and oxygen atoms in total. The topological polar surface area (TPSA) is 74.8 Å². The molecular weight excluding hydrogens is 334 g/mol. The van der Waals surface area contributed by atoms with E-state index < -0.39 is 0 Å². The third-order valence-corrected chi connectivity index (χ3v) is 5.31. The zero-order chi connectivity index (χ0) is 18.0. The molecule has 2 N–H and O–H groups in total. The van der Waals surface area contributed by atoms with Crippen LogP contribution in [0.25, 0.3) is 0 Å². The lowest BCUT2D eigenvalue weighted by Gasteiger charge is -2.16. The smallest absolute Gasteiger partial charge is 0.255 e. The third kappa shape index (κ3) is 3.95. The van der Waals surface area contributed by atoms with E-state index in [0.29, 0.717) is 16.4 Å². The molecule has 0 aliphatic heterocycles. The molecule has 1 aliphatic carbocycles. The molecule has 0 radical (unpaired) electrons. The van der Waals surface area contributed by atoms with E-state index in [-0.39, 0.29) is 23.9 Å². The van der Waals surface area contributed by atoms with Crippen molar-refractivity contribution < 1.29 is 4.79 Å². The number of benzene rings is 1. The van der Waals surface area contributed by atoms with Crippen LogP contribution in [-0.4, -0.2) is 22.1 Å². The molecule has 0 bridgehead atoms. The lowest BCUT2D eigenvalue weighted by atomic mass is 10.0. The van der Waals surface area contributed by atoms with E-state index in [1.165, 1.54) is 29.3 Å². The summed E-state index contributed by atoms with van der Waals surface area (Å²) in [6.45, 7) is 3.74. The molecule has 1 heterocycles. The van der Waals surface area contributed by atoms with Gasteiger partial charge >= 0.3 is 0 Å². The second-order valence-corrected chi connectivity index (χ2v) is 7.28. The molecule has 0 unspecified atom stereocenters. The summed E-state index contributed by atoms with van der Waals surface area (Å²) < 4.78 is 0. The van der Waals surface area contributed by atoms with Gasteiger partial charge in [-0.25, -0.2) is 4.98 Å². The highest BCUT2D eigenvalue weighted by atomic mass is 32.2. The van der Waals surface area contributed by atoms with Crippen LogP contribution in [-0.2, 0) is 24.1 Å². The van der Waals surface area contributed by atoms with Crippen molar-refractivity contribution in [1.82, 2.24) is 15.3 Å². The highest BCUT2D eigenvalue weighted by molar-refractivity contribution is 7.98. The van der Waals surface area contributed by atoms with Crippen LogP contribution in [0, 0.1) is 6.92 Å². The van der Waals surface area contributed by atoms with Gasteiger partial charge in [0.2, 0.25) is 5.91 Å². The predicted molar refractivity (Wildman–Crippen MR) is 100 cm³/mol. The van der Waals surface area contributed by atoms with Crippen LogP contribution in [0.2, 0.25) is 0 Å². The van der Waals surface area contributed by atoms with Crippen molar-refractivity contribution in [3.63, 3.8) is 0 Å². The van der Waals surface area contributed by atoms with E-state index in [4.69, 9.17) is 0 Å². The molecule has 3 rings (SSSR count). The minimum atomic E-state index is -0.239. The Morgan fingerprint density at radius 1 is 1.36 bits per heavy atom. The van der Waals surface area contributed by atoms with E-state index in [2.05, 4.69) is 33.5 Å². The van der Waals surface area contributed by atoms with Gasteiger partial charge < -0.3 is 10.3 Å². The first-order valence-corrected chi connectivity index (χ1v) is 9.75. The second-order valence-electron chi connectivity index (χ2n) is 6.49. The van der Waals surface area contributed by atoms with Crippen molar-refractivity contribution in [2.75, 3.05) is 6.26 Å². The van der Waals surface area contributed by atoms with E-state index in [1.54, 1.807) is 6.92 Å². The number of aromatic amines is 1.